The molecule has 0 spiro atoms. The fourth-order valence-electron chi connectivity index (χ4n) is 2.96. The first-order chi connectivity index (χ1) is 11.0. The van der Waals surface area contributed by atoms with Gasteiger partial charge in [0.25, 0.3) is 5.91 Å². The van der Waals surface area contributed by atoms with Crippen molar-refractivity contribution in [3.8, 4) is 0 Å². The first kappa shape index (κ1) is 15.6. The molecule has 3 N–H and O–H groups in total. The number of amides is 1. The Morgan fingerprint density at radius 1 is 1.17 bits per heavy atom. The highest BCUT2D eigenvalue weighted by Crippen LogP contribution is 2.30. The van der Waals surface area contributed by atoms with Crippen molar-refractivity contribution >= 4 is 23.1 Å². The smallest absolute Gasteiger partial charge is 0.251 e. The molecule has 0 heterocycles. The van der Waals surface area contributed by atoms with Gasteiger partial charge in [0.2, 0.25) is 0 Å². The number of rotatable bonds is 3. The summed E-state index contributed by atoms with van der Waals surface area (Å²) < 4.78 is 13.3. The van der Waals surface area contributed by atoms with E-state index < -0.39 is 0 Å². The molecule has 0 bridgehead atoms. The van der Waals surface area contributed by atoms with Crippen LogP contribution >= 0.6 is 12.2 Å². The number of nitrogens with one attached hydrogen (secondary N) is 1. The van der Waals surface area contributed by atoms with E-state index in [1.54, 1.807) is 36.4 Å². The van der Waals surface area contributed by atoms with Gasteiger partial charge in [-0.05, 0) is 54.7 Å². The summed E-state index contributed by atoms with van der Waals surface area (Å²) in [6.07, 6.45) is 2.64. The van der Waals surface area contributed by atoms with E-state index in [0.717, 1.165) is 36.0 Å². The lowest BCUT2D eigenvalue weighted by atomic mass is 9.87. The Morgan fingerprint density at radius 3 is 2.57 bits per heavy atom. The highest BCUT2D eigenvalue weighted by atomic mass is 32.1. The zero-order valence-corrected chi connectivity index (χ0v) is 13.3. The molecule has 1 aliphatic carbocycles. The minimum atomic E-state index is -0.232. The Morgan fingerprint density at radius 2 is 1.87 bits per heavy atom. The van der Waals surface area contributed by atoms with E-state index >= 15 is 0 Å². The predicted molar refractivity (Wildman–Crippen MR) is 91.9 cm³/mol. The van der Waals surface area contributed by atoms with Crippen molar-refractivity contribution in [2.24, 2.45) is 5.73 Å². The zero-order chi connectivity index (χ0) is 16.4. The largest absolute Gasteiger partial charge is 0.389 e. The molecule has 5 heteroatoms. The third-order valence-electron chi connectivity index (χ3n) is 4.16. The van der Waals surface area contributed by atoms with Gasteiger partial charge in [-0.3, -0.25) is 4.79 Å². The standard InChI is InChI=1S/C18H17FN2OS/c19-14-8-9-15-13(10-14)2-1-3-16(15)21-18(22)12-6-4-11(5-7-12)17(20)23/h4-10,16H,1-3H2,(H2,20,23)(H,21,22)/t16-/m0/s1. The van der Waals surface area contributed by atoms with E-state index in [2.05, 4.69) is 5.32 Å². The first-order valence-electron chi connectivity index (χ1n) is 7.53. The molecule has 0 saturated carbocycles. The molecule has 118 valence electrons. The number of carbonyl (C=O) groups excluding carboxylic acids is 1. The van der Waals surface area contributed by atoms with Crippen LogP contribution in [0.5, 0.6) is 0 Å². The minimum Gasteiger partial charge on any atom is -0.389 e. The number of carbonyl (C=O) groups is 1. The van der Waals surface area contributed by atoms with E-state index in [4.69, 9.17) is 18.0 Å². The summed E-state index contributed by atoms with van der Waals surface area (Å²) in [6.45, 7) is 0. The molecule has 0 fully saturated rings. The van der Waals surface area contributed by atoms with Crippen molar-refractivity contribution in [2.75, 3.05) is 0 Å². The molecule has 0 aliphatic heterocycles. The van der Waals surface area contributed by atoms with Gasteiger partial charge in [-0.1, -0.05) is 30.4 Å². The van der Waals surface area contributed by atoms with Crippen molar-refractivity contribution in [2.45, 2.75) is 25.3 Å². The second-order valence-electron chi connectivity index (χ2n) is 5.70. The van der Waals surface area contributed by atoms with Crippen LogP contribution in [0.25, 0.3) is 0 Å². The van der Waals surface area contributed by atoms with E-state index in [1.165, 1.54) is 6.07 Å². The van der Waals surface area contributed by atoms with Crippen LogP contribution in [-0.4, -0.2) is 10.9 Å². The molecule has 0 radical (unpaired) electrons. The van der Waals surface area contributed by atoms with Crippen LogP contribution in [0.2, 0.25) is 0 Å². The van der Waals surface area contributed by atoms with Crippen LogP contribution in [0.4, 0.5) is 4.39 Å². The van der Waals surface area contributed by atoms with Crippen LogP contribution < -0.4 is 11.1 Å². The number of benzene rings is 2. The van der Waals surface area contributed by atoms with Crippen LogP contribution in [0.1, 0.15) is 45.9 Å². The summed E-state index contributed by atoms with van der Waals surface area (Å²) in [7, 11) is 0. The van der Waals surface area contributed by atoms with Crippen LogP contribution in [0, 0.1) is 5.82 Å². The molecule has 0 unspecified atom stereocenters. The quantitative estimate of drug-likeness (QED) is 0.850. The number of halogens is 1. The van der Waals surface area contributed by atoms with Gasteiger partial charge in [-0.25, -0.2) is 4.39 Å². The summed E-state index contributed by atoms with van der Waals surface area (Å²) >= 11 is 4.90. The molecular weight excluding hydrogens is 311 g/mol. The third kappa shape index (κ3) is 3.40. The summed E-state index contributed by atoms with van der Waals surface area (Å²) in [5.41, 5.74) is 8.82. The van der Waals surface area contributed by atoms with Crippen molar-refractivity contribution in [1.82, 2.24) is 5.32 Å². The fourth-order valence-corrected chi connectivity index (χ4v) is 3.10. The Kier molecular flexibility index (Phi) is 4.39. The van der Waals surface area contributed by atoms with Crippen molar-refractivity contribution in [1.29, 1.82) is 0 Å². The molecule has 3 nitrogen and oxygen atoms in total. The summed E-state index contributed by atoms with van der Waals surface area (Å²) in [6, 6.07) is 11.6. The van der Waals surface area contributed by atoms with Crippen molar-refractivity contribution < 1.29 is 9.18 Å². The van der Waals surface area contributed by atoms with Crippen molar-refractivity contribution in [3.63, 3.8) is 0 Å². The van der Waals surface area contributed by atoms with E-state index in [1.807, 2.05) is 0 Å². The number of hydrogen-bond acceptors (Lipinski definition) is 2. The Hall–Kier alpha value is -2.27. The van der Waals surface area contributed by atoms with Gasteiger partial charge in [0.05, 0.1) is 6.04 Å². The lowest BCUT2D eigenvalue weighted by molar-refractivity contribution is 0.0933. The SMILES string of the molecule is NC(=S)c1ccc(C(=O)N[C@H]2CCCc3cc(F)ccc32)cc1. The highest BCUT2D eigenvalue weighted by molar-refractivity contribution is 7.80. The second-order valence-corrected chi connectivity index (χ2v) is 6.14. The average Bonchev–Trinajstić information content (AvgIpc) is 2.54. The molecule has 3 rings (SSSR count). The molecule has 2 aromatic carbocycles. The summed E-state index contributed by atoms with van der Waals surface area (Å²) in [5, 5.41) is 3.03. The van der Waals surface area contributed by atoms with E-state index in [-0.39, 0.29) is 17.8 Å². The summed E-state index contributed by atoms with van der Waals surface area (Å²) in [4.78, 5) is 12.7. The topological polar surface area (TPSA) is 55.1 Å². The Balaban J connectivity index is 1.77. The van der Waals surface area contributed by atoms with Crippen LogP contribution in [-0.2, 0) is 6.42 Å². The number of aryl methyl sites for hydroxylation is 1. The van der Waals surface area contributed by atoms with Crippen LogP contribution in [0.15, 0.2) is 42.5 Å². The molecule has 23 heavy (non-hydrogen) atoms. The molecule has 1 atom stereocenters. The second kappa shape index (κ2) is 6.46. The monoisotopic (exact) mass is 328 g/mol. The van der Waals surface area contributed by atoms with E-state index in [9.17, 15) is 9.18 Å². The maximum Gasteiger partial charge on any atom is 0.251 e. The van der Waals surface area contributed by atoms with Gasteiger partial charge in [0, 0.05) is 11.1 Å². The molecule has 1 aliphatic rings. The average molecular weight is 328 g/mol. The molecular formula is C18H17FN2OS. The van der Waals surface area contributed by atoms with Gasteiger partial charge in [-0.15, -0.1) is 0 Å². The van der Waals surface area contributed by atoms with Gasteiger partial charge >= 0.3 is 0 Å². The number of hydrogen-bond donors (Lipinski definition) is 2. The maximum atomic E-state index is 13.3. The van der Waals surface area contributed by atoms with Gasteiger partial charge in [0.15, 0.2) is 0 Å². The third-order valence-corrected chi connectivity index (χ3v) is 4.39. The first-order valence-corrected chi connectivity index (χ1v) is 7.94. The fraction of sp³-hybridized carbons (Fsp3) is 0.222. The predicted octanol–water partition coefficient (Wildman–Crippen LogP) is 3.27. The maximum absolute atomic E-state index is 13.3. The van der Waals surface area contributed by atoms with Gasteiger partial charge in [-0.2, -0.15) is 0 Å². The molecule has 0 aromatic heterocycles. The number of fused-ring (bicyclic) bond motifs is 1. The summed E-state index contributed by atoms with van der Waals surface area (Å²) in [5.74, 6) is -0.384. The van der Waals surface area contributed by atoms with Gasteiger partial charge in [0.1, 0.15) is 10.8 Å². The Bertz CT molecular complexity index is 758. The lowest BCUT2D eigenvalue weighted by Crippen LogP contribution is -2.31. The normalized spacial score (nSPS) is 16.5. The number of nitrogens with two attached hydrogens (primary N) is 1. The van der Waals surface area contributed by atoms with Gasteiger partial charge < -0.3 is 11.1 Å². The molecule has 0 saturated heterocycles. The van der Waals surface area contributed by atoms with E-state index in [0.29, 0.717) is 10.6 Å². The zero-order valence-electron chi connectivity index (χ0n) is 12.5. The van der Waals surface area contributed by atoms with Crippen molar-refractivity contribution in [3.05, 3.63) is 70.5 Å². The van der Waals surface area contributed by atoms with Crippen LogP contribution in [0.3, 0.4) is 0 Å². The highest BCUT2D eigenvalue weighted by Gasteiger charge is 2.22. The Labute approximate surface area is 139 Å². The molecule has 2 aromatic rings. The molecule has 1 amide bonds. The minimum absolute atomic E-state index is 0.0814. The number of thiocarbonyl (C=S) groups is 1. The lowest BCUT2D eigenvalue weighted by Gasteiger charge is -2.26.